The zero-order chi connectivity index (χ0) is 10.6. The van der Waals surface area contributed by atoms with Gasteiger partial charge in [-0.25, -0.2) is 0 Å². The first kappa shape index (κ1) is 12.2. The van der Waals surface area contributed by atoms with Crippen LogP contribution in [0.2, 0.25) is 0 Å². The molecule has 78 valence electrons. The second-order valence-corrected chi connectivity index (χ2v) is 5.86. The zero-order valence-corrected chi connectivity index (χ0v) is 11.0. The van der Waals surface area contributed by atoms with Crippen LogP contribution in [0.1, 0.15) is 12.5 Å². The van der Waals surface area contributed by atoms with Crippen molar-refractivity contribution in [1.29, 1.82) is 0 Å². The molecular formula is C10H12Br2O2. The van der Waals surface area contributed by atoms with Gasteiger partial charge in [-0.15, -0.1) is 0 Å². The fourth-order valence-electron chi connectivity index (χ4n) is 1.17. The summed E-state index contributed by atoms with van der Waals surface area (Å²) in [5.41, 5.74) is 0.723. The van der Waals surface area contributed by atoms with E-state index in [1.807, 2.05) is 37.3 Å². The van der Waals surface area contributed by atoms with E-state index in [9.17, 15) is 5.11 Å². The smallest absolute Gasteiger partial charge is 0.215 e. The van der Waals surface area contributed by atoms with Gasteiger partial charge in [0.05, 0.1) is 0 Å². The summed E-state index contributed by atoms with van der Waals surface area (Å²) in [6.45, 7) is 2.29. The molecule has 0 aliphatic heterocycles. The van der Waals surface area contributed by atoms with Crippen LogP contribution in [-0.2, 0) is 10.5 Å². The zero-order valence-electron chi connectivity index (χ0n) is 7.78. The van der Waals surface area contributed by atoms with Crippen molar-refractivity contribution in [3.63, 3.8) is 0 Å². The van der Waals surface area contributed by atoms with Crippen LogP contribution < -0.4 is 0 Å². The van der Waals surface area contributed by atoms with Crippen LogP contribution in [0.15, 0.2) is 30.3 Å². The number of alkyl halides is 2. The van der Waals surface area contributed by atoms with Gasteiger partial charge in [0.2, 0.25) is 5.79 Å². The summed E-state index contributed by atoms with van der Waals surface area (Å²) >= 11 is 6.55. The quantitative estimate of drug-likeness (QED) is 0.682. The van der Waals surface area contributed by atoms with Crippen LogP contribution in [0.4, 0.5) is 0 Å². The summed E-state index contributed by atoms with van der Waals surface area (Å²) in [6, 6.07) is 9.27. The summed E-state index contributed by atoms with van der Waals surface area (Å²) in [5, 5.41) is 10.2. The van der Waals surface area contributed by atoms with Crippen LogP contribution in [0.25, 0.3) is 0 Å². The lowest BCUT2D eigenvalue weighted by molar-refractivity contribution is -0.195. The van der Waals surface area contributed by atoms with Crippen molar-refractivity contribution >= 4 is 31.9 Å². The number of aliphatic hydroxyl groups is 1. The summed E-state index contributed by atoms with van der Waals surface area (Å²) < 4.78 is 5.00. The van der Waals surface area contributed by atoms with E-state index in [1.54, 1.807) is 0 Å². The SMILES string of the molecule is CCOC(O)(c1ccccc1)C(Br)Br. The largest absolute Gasteiger partial charge is 0.360 e. The highest BCUT2D eigenvalue weighted by atomic mass is 79.9. The van der Waals surface area contributed by atoms with Gasteiger partial charge in [-0.05, 0) is 6.92 Å². The van der Waals surface area contributed by atoms with Gasteiger partial charge < -0.3 is 9.84 Å². The third-order valence-corrected chi connectivity index (χ3v) is 3.09. The normalized spacial score (nSPS) is 15.5. The summed E-state index contributed by atoms with van der Waals surface area (Å²) in [5.74, 6) is -1.32. The second-order valence-electron chi connectivity index (χ2n) is 2.80. The molecular weight excluding hydrogens is 312 g/mol. The first-order valence-electron chi connectivity index (χ1n) is 4.31. The molecule has 14 heavy (non-hydrogen) atoms. The summed E-state index contributed by atoms with van der Waals surface area (Å²) in [7, 11) is 0. The lowest BCUT2D eigenvalue weighted by atomic mass is 10.1. The van der Waals surface area contributed by atoms with Crippen molar-refractivity contribution in [2.45, 2.75) is 16.4 Å². The Hall–Kier alpha value is 0.1000. The van der Waals surface area contributed by atoms with E-state index in [0.29, 0.717) is 6.61 Å². The molecule has 1 N–H and O–H groups in total. The molecule has 0 saturated heterocycles. The Morgan fingerprint density at radius 3 is 2.36 bits per heavy atom. The Kier molecular flexibility index (Phi) is 4.57. The maximum absolute atomic E-state index is 10.2. The van der Waals surface area contributed by atoms with Gasteiger partial charge in [-0.3, -0.25) is 0 Å². The van der Waals surface area contributed by atoms with Crippen molar-refractivity contribution in [2.24, 2.45) is 0 Å². The number of ether oxygens (including phenoxy) is 1. The monoisotopic (exact) mass is 322 g/mol. The third-order valence-electron chi connectivity index (χ3n) is 1.85. The Morgan fingerprint density at radius 2 is 1.93 bits per heavy atom. The molecule has 0 radical (unpaired) electrons. The molecule has 0 spiro atoms. The average molecular weight is 324 g/mol. The molecule has 0 fully saturated rings. The van der Waals surface area contributed by atoms with E-state index < -0.39 is 5.79 Å². The maximum Gasteiger partial charge on any atom is 0.215 e. The van der Waals surface area contributed by atoms with Crippen LogP contribution in [0.3, 0.4) is 0 Å². The van der Waals surface area contributed by atoms with Gasteiger partial charge in [-0.1, -0.05) is 62.2 Å². The fraction of sp³-hybridized carbons (Fsp3) is 0.400. The highest BCUT2D eigenvalue weighted by Crippen LogP contribution is 2.34. The van der Waals surface area contributed by atoms with Crippen molar-refractivity contribution in [1.82, 2.24) is 0 Å². The van der Waals surface area contributed by atoms with Crippen molar-refractivity contribution < 1.29 is 9.84 Å². The van der Waals surface area contributed by atoms with Gasteiger partial charge in [0.15, 0.2) is 0 Å². The lowest BCUT2D eigenvalue weighted by Gasteiger charge is -2.29. The standard InChI is InChI=1S/C10H12Br2O2/c1-2-14-10(13,9(11)12)8-6-4-3-5-7-8/h3-7,9,13H,2H2,1H3. The summed E-state index contributed by atoms with van der Waals surface area (Å²) in [6.07, 6.45) is 0. The van der Waals surface area contributed by atoms with E-state index in [-0.39, 0.29) is 3.74 Å². The molecule has 0 aromatic heterocycles. The van der Waals surface area contributed by atoms with Crippen LogP contribution in [-0.4, -0.2) is 15.4 Å². The van der Waals surface area contributed by atoms with E-state index in [4.69, 9.17) is 4.74 Å². The van der Waals surface area contributed by atoms with E-state index in [0.717, 1.165) is 5.56 Å². The number of hydrogen-bond acceptors (Lipinski definition) is 2. The number of halogens is 2. The Bertz CT molecular complexity index is 277. The Morgan fingerprint density at radius 1 is 1.36 bits per heavy atom. The molecule has 0 aliphatic carbocycles. The first-order valence-corrected chi connectivity index (χ1v) is 6.14. The van der Waals surface area contributed by atoms with Gasteiger partial charge in [0.1, 0.15) is 3.74 Å². The second kappa shape index (κ2) is 5.26. The number of benzene rings is 1. The van der Waals surface area contributed by atoms with Gasteiger partial charge in [-0.2, -0.15) is 0 Å². The highest BCUT2D eigenvalue weighted by Gasteiger charge is 2.36. The summed E-state index contributed by atoms with van der Waals surface area (Å²) in [4.78, 5) is 0. The molecule has 1 aromatic carbocycles. The molecule has 1 atom stereocenters. The molecule has 0 bridgehead atoms. The number of hydrogen-bond donors (Lipinski definition) is 1. The molecule has 1 unspecified atom stereocenters. The molecule has 2 nitrogen and oxygen atoms in total. The lowest BCUT2D eigenvalue weighted by Crippen LogP contribution is -2.35. The van der Waals surface area contributed by atoms with Crippen molar-refractivity contribution in [3.05, 3.63) is 35.9 Å². The highest BCUT2D eigenvalue weighted by molar-refractivity contribution is 9.24. The van der Waals surface area contributed by atoms with Gasteiger partial charge in [0.25, 0.3) is 0 Å². The van der Waals surface area contributed by atoms with Crippen LogP contribution in [0.5, 0.6) is 0 Å². The molecule has 0 saturated carbocycles. The molecule has 0 amide bonds. The molecule has 0 heterocycles. The van der Waals surface area contributed by atoms with Gasteiger partial charge >= 0.3 is 0 Å². The number of rotatable bonds is 4. The van der Waals surface area contributed by atoms with E-state index in [1.165, 1.54) is 0 Å². The minimum atomic E-state index is -1.32. The Balaban J connectivity index is 2.99. The van der Waals surface area contributed by atoms with Gasteiger partial charge in [0, 0.05) is 12.2 Å². The predicted octanol–water partition coefficient (Wildman–Crippen LogP) is 2.98. The molecule has 1 rings (SSSR count). The minimum Gasteiger partial charge on any atom is -0.360 e. The first-order chi connectivity index (χ1) is 6.61. The third kappa shape index (κ3) is 2.57. The predicted molar refractivity (Wildman–Crippen MR) is 63.6 cm³/mol. The van der Waals surface area contributed by atoms with Crippen LogP contribution in [0, 0.1) is 0 Å². The van der Waals surface area contributed by atoms with E-state index in [2.05, 4.69) is 31.9 Å². The van der Waals surface area contributed by atoms with Crippen LogP contribution >= 0.6 is 31.9 Å². The van der Waals surface area contributed by atoms with E-state index >= 15 is 0 Å². The van der Waals surface area contributed by atoms with Crippen molar-refractivity contribution in [3.8, 4) is 0 Å². The molecule has 0 aliphatic rings. The maximum atomic E-state index is 10.2. The molecule has 4 heteroatoms. The Labute approximate surface area is 101 Å². The topological polar surface area (TPSA) is 29.5 Å². The fourth-order valence-corrected chi connectivity index (χ4v) is 1.96. The average Bonchev–Trinajstić information content (AvgIpc) is 2.19. The van der Waals surface area contributed by atoms with Crippen molar-refractivity contribution in [2.75, 3.05) is 6.61 Å². The minimum absolute atomic E-state index is 0.343. The molecule has 1 aromatic rings.